The molecule has 22 aromatic carbocycles. The minimum atomic E-state index is 0.856. The van der Waals surface area contributed by atoms with Crippen molar-refractivity contribution >= 4 is 252 Å². The van der Waals surface area contributed by atoms with Crippen LogP contribution in [0.15, 0.2) is 479 Å². The molecule has 12 heteroatoms. The highest BCUT2D eigenvalue weighted by Gasteiger charge is 2.25. The molecule has 0 radical (unpaired) electrons. The number of anilines is 6. The number of thiazole rings is 2. The molecular weight excluding hydrogens is 1730 g/mol. The van der Waals surface area contributed by atoms with Crippen molar-refractivity contribution in [3.05, 3.63) is 461 Å². The van der Waals surface area contributed by atoms with Crippen molar-refractivity contribution in [3.8, 4) is 43.6 Å². The lowest BCUT2D eigenvalue weighted by atomic mass is 10.00. The van der Waals surface area contributed by atoms with E-state index in [9.17, 15) is 0 Å². The summed E-state index contributed by atoms with van der Waals surface area (Å²) in [5.41, 5.74) is 27.3. The third-order valence-corrected chi connectivity index (χ3v) is 29.7. The first kappa shape index (κ1) is 78.7. The Morgan fingerprint density at radius 3 is 0.964 bits per heavy atom. The van der Waals surface area contributed by atoms with Crippen LogP contribution in [0, 0.1) is 0 Å². The van der Waals surface area contributed by atoms with Gasteiger partial charge < -0.3 is 36.6 Å². The summed E-state index contributed by atoms with van der Waals surface area (Å²) < 4.78 is 32.4. The van der Waals surface area contributed by atoms with Gasteiger partial charge in [-0.25, -0.2) is 9.97 Å². The molecule has 0 aliphatic rings. The average molecular weight is 1800 g/mol. The van der Waals surface area contributed by atoms with Crippen LogP contribution in [-0.4, -0.2) is 19.1 Å². The number of rotatable bonds is 11. The standard InChI is InChI=1S/2C45H26N2O2S.C36H24N2/c1-2-8-28(9-3-1)45-46-38-22-16-27-14-15-29-24-30(17-20-33(29)43(27)44(38)50-45)47(31-19-23-41-37(25-31)35-11-5-7-13-40(35)48-41)32-18-21-36-34-10-4-6-12-39(34)49-42(36)26-32;1-2-8-29(9-3-1)45-46-38-22-17-28-15-14-27-16-18-30(24-36(27)43(28)44(38)50-45)47(31-20-23-41-37(25-31)34-11-5-7-13-40(34)48-41)32-19-21-35-33-10-4-6-12-39(33)49-42(35)26-32;1-3-11-27(12-4-1)37-33-17-9-7-15-29(33)31-23-25(19-21-35(31)37)26-20-22-36-32(24-26)30-16-8-10-18-34(30)38(36)28-13-5-2-6-14-28/h2*1-26H;1-24H. The van der Waals surface area contributed by atoms with Crippen molar-refractivity contribution < 1.29 is 17.7 Å². The first-order valence-electron chi connectivity index (χ1n) is 46.4. The number of hydrogen-bond donors (Lipinski definition) is 0. The molecule has 10 nitrogen and oxygen atoms in total. The summed E-state index contributed by atoms with van der Waals surface area (Å²) >= 11 is 3.52. The SMILES string of the molecule is c1ccc(-c2nc3ccc4ccc5cc(N(c6ccc7c(c6)oc6ccccc67)c6ccc7oc8ccccc8c7c6)ccc5c4c3s2)cc1.c1ccc(-c2nc3ccc4ccc5ccc(N(c6ccc7c(c6)oc6ccccc67)c6ccc7oc8ccccc8c7c6)cc5c4c3s2)cc1.c1ccc(-n2c3ccccc3c3cc(-c4ccc5c(c4)c4ccccc4n5-c4ccccc4)ccc32)cc1. The fourth-order valence-corrected chi connectivity index (χ4v) is 23.3. The zero-order valence-corrected chi connectivity index (χ0v) is 75.6. The van der Waals surface area contributed by atoms with E-state index in [1.54, 1.807) is 22.7 Å². The number of para-hydroxylation sites is 8. The van der Waals surface area contributed by atoms with E-state index in [2.05, 4.69) is 419 Å². The molecule has 0 bridgehead atoms. The minimum absolute atomic E-state index is 0.856. The zero-order valence-electron chi connectivity index (χ0n) is 74.0. The van der Waals surface area contributed by atoms with Crippen molar-refractivity contribution in [2.45, 2.75) is 0 Å². The number of furan rings is 4. The van der Waals surface area contributed by atoms with Gasteiger partial charge in [0.05, 0.1) is 42.5 Å². The van der Waals surface area contributed by atoms with Crippen molar-refractivity contribution in [1.29, 1.82) is 0 Å². The molecule has 0 aliphatic carbocycles. The van der Waals surface area contributed by atoms with E-state index in [0.29, 0.717) is 0 Å². The van der Waals surface area contributed by atoms with E-state index < -0.39 is 0 Å². The first-order chi connectivity index (χ1) is 68.4. The summed E-state index contributed by atoms with van der Waals surface area (Å²) in [5, 5.41) is 25.6. The summed E-state index contributed by atoms with van der Waals surface area (Å²) in [4.78, 5) is 14.8. The highest BCUT2D eigenvalue weighted by Crippen LogP contribution is 2.50. The van der Waals surface area contributed by atoms with E-state index in [1.807, 2.05) is 60.7 Å². The molecule has 0 atom stereocenters. The fraction of sp³-hybridized carbons (Fsp3) is 0. The van der Waals surface area contributed by atoms with E-state index >= 15 is 0 Å². The van der Waals surface area contributed by atoms with Crippen LogP contribution < -0.4 is 9.80 Å². The molecule has 30 aromatic rings. The van der Waals surface area contributed by atoms with Crippen LogP contribution in [0.2, 0.25) is 0 Å². The van der Waals surface area contributed by atoms with Crippen molar-refractivity contribution in [3.63, 3.8) is 0 Å². The Bertz CT molecular complexity index is 10000. The average Bonchev–Trinajstić information content (AvgIpc) is 1.62. The van der Waals surface area contributed by atoms with Crippen LogP contribution in [-0.2, 0) is 0 Å². The smallest absolute Gasteiger partial charge is 0.137 e. The number of benzene rings is 22. The second-order valence-electron chi connectivity index (χ2n) is 35.4. The van der Waals surface area contributed by atoms with Gasteiger partial charge in [0, 0.05) is 144 Å². The van der Waals surface area contributed by atoms with E-state index in [4.69, 9.17) is 27.6 Å². The molecule has 30 rings (SSSR count). The van der Waals surface area contributed by atoms with Gasteiger partial charge in [0.25, 0.3) is 0 Å². The fourth-order valence-electron chi connectivity index (χ4n) is 21.0. The Labute approximate surface area is 797 Å². The molecule has 138 heavy (non-hydrogen) atoms. The number of aromatic nitrogens is 4. The van der Waals surface area contributed by atoms with Crippen LogP contribution in [0.4, 0.5) is 34.1 Å². The largest absolute Gasteiger partial charge is 0.456 e. The first-order valence-corrected chi connectivity index (χ1v) is 48.1. The summed E-state index contributed by atoms with van der Waals surface area (Å²) in [6.45, 7) is 0. The lowest BCUT2D eigenvalue weighted by molar-refractivity contribution is 0.668. The molecule has 8 heterocycles. The van der Waals surface area contributed by atoms with Gasteiger partial charge in [0.1, 0.15) is 54.7 Å². The molecule has 0 amide bonds. The number of fused-ring (bicyclic) bond motifs is 28. The molecule has 0 saturated carbocycles. The molecule has 0 N–H and O–H groups in total. The third kappa shape index (κ3) is 13.1. The molecule has 0 spiro atoms. The third-order valence-electron chi connectivity index (χ3n) is 27.4. The van der Waals surface area contributed by atoms with E-state index in [1.165, 1.54) is 119 Å². The second kappa shape index (κ2) is 31.9. The molecule has 646 valence electrons. The zero-order chi connectivity index (χ0) is 90.6. The quantitative estimate of drug-likeness (QED) is 0.118. The van der Waals surface area contributed by atoms with Gasteiger partial charge in [0.2, 0.25) is 0 Å². The van der Waals surface area contributed by atoms with Gasteiger partial charge in [-0.15, -0.1) is 22.7 Å². The molecule has 8 aromatic heterocycles. The Hall–Kier alpha value is -17.9. The van der Waals surface area contributed by atoms with Crippen LogP contribution in [0.5, 0.6) is 0 Å². The molecular formula is C126H76N6O4S2. The van der Waals surface area contributed by atoms with Gasteiger partial charge in [-0.3, -0.25) is 0 Å². The van der Waals surface area contributed by atoms with E-state index in [0.717, 1.165) is 154 Å². The molecule has 0 fully saturated rings. The maximum Gasteiger partial charge on any atom is 0.137 e. The van der Waals surface area contributed by atoms with Gasteiger partial charge in [0.15, 0.2) is 0 Å². The predicted molar refractivity (Wildman–Crippen MR) is 579 cm³/mol. The van der Waals surface area contributed by atoms with Crippen molar-refractivity contribution in [2.75, 3.05) is 9.80 Å². The highest BCUT2D eigenvalue weighted by atomic mass is 32.1. The lowest BCUT2D eigenvalue weighted by Gasteiger charge is -2.26. The minimum Gasteiger partial charge on any atom is -0.456 e. The summed E-state index contributed by atoms with van der Waals surface area (Å²) in [5.74, 6) is 0. The lowest BCUT2D eigenvalue weighted by Crippen LogP contribution is -2.09. The van der Waals surface area contributed by atoms with Gasteiger partial charge in [-0.05, 0) is 225 Å². The maximum absolute atomic E-state index is 6.40. The molecule has 0 saturated heterocycles. The summed E-state index contributed by atoms with van der Waals surface area (Å²) in [6.07, 6.45) is 0. The predicted octanol–water partition coefficient (Wildman–Crippen LogP) is 36.6. The van der Waals surface area contributed by atoms with E-state index in [-0.39, 0.29) is 0 Å². The van der Waals surface area contributed by atoms with Crippen molar-refractivity contribution in [1.82, 2.24) is 19.1 Å². The van der Waals surface area contributed by atoms with Crippen molar-refractivity contribution in [2.24, 2.45) is 0 Å². The second-order valence-corrected chi connectivity index (χ2v) is 37.4. The van der Waals surface area contributed by atoms with Crippen LogP contribution in [0.1, 0.15) is 0 Å². The Kier molecular flexibility index (Phi) is 18.2. The van der Waals surface area contributed by atoms with Gasteiger partial charge >= 0.3 is 0 Å². The molecule has 0 unspecified atom stereocenters. The maximum atomic E-state index is 6.40. The number of hydrogen-bond acceptors (Lipinski definition) is 10. The Morgan fingerprint density at radius 1 is 0.188 bits per heavy atom. The monoisotopic (exact) mass is 1800 g/mol. The van der Waals surface area contributed by atoms with Crippen LogP contribution in [0.25, 0.3) is 239 Å². The topological polar surface area (TPSA) is 94.7 Å². The van der Waals surface area contributed by atoms with Gasteiger partial charge in [-0.1, -0.05) is 267 Å². The van der Waals surface area contributed by atoms with Crippen LogP contribution >= 0.6 is 22.7 Å². The molecule has 0 aliphatic heterocycles. The summed E-state index contributed by atoms with van der Waals surface area (Å²) in [7, 11) is 0. The Morgan fingerprint density at radius 2 is 0.500 bits per heavy atom. The number of nitrogens with zero attached hydrogens (tertiary/aromatic N) is 6. The highest BCUT2D eigenvalue weighted by molar-refractivity contribution is 7.23. The summed E-state index contributed by atoms with van der Waals surface area (Å²) in [6, 6.07) is 163. The van der Waals surface area contributed by atoms with Gasteiger partial charge in [-0.2, -0.15) is 0 Å². The van der Waals surface area contributed by atoms with Crippen LogP contribution in [0.3, 0.4) is 0 Å². The Balaban J connectivity index is 0.000000103. The normalized spacial score (nSPS) is 11.9.